The number of hydrogen-bond acceptors (Lipinski definition) is 1. The molecule has 3 nitrogen and oxygen atoms in total. The van der Waals surface area contributed by atoms with Crippen molar-refractivity contribution in [2.75, 3.05) is 5.32 Å². The van der Waals surface area contributed by atoms with Crippen LogP contribution in [-0.4, -0.2) is 10.5 Å². The van der Waals surface area contributed by atoms with Gasteiger partial charge in [0.25, 0.3) is 5.91 Å². The van der Waals surface area contributed by atoms with Crippen molar-refractivity contribution in [1.29, 1.82) is 0 Å². The molecule has 0 aliphatic heterocycles. The number of anilines is 1. The largest absolute Gasteiger partial charge is 0.343 e. The molecule has 3 aromatic carbocycles. The predicted octanol–water partition coefficient (Wildman–Crippen LogP) is 7.75. The van der Waals surface area contributed by atoms with Crippen molar-refractivity contribution >= 4 is 11.6 Å². The van der Waals surface area contributed by atoms with Gasteiger partial charge < -0.3 is 9.88 Å². The van der Waals surface area contributed by atoms with Gasteiger partial charge in [-0.3, -0.25) is 4.79 Å². The highest BCUT2D eigenvalue weighted by Gasteiger charge is 2.30. The molecule has 0 saturated heterocycles. The monoisotopic (exact) mass is 440 g/mol. The van der Waals surface area contributed by atoms with Crippen molar-refractivity contribution in [3.8, 4) is 22.4 Å². The molecule has 168 valence electrons. The maximum Gasteiger partial charge on any atom is 0.258 e. The van der Waals surface area contributed by atoms with Gasteiger partial charge in [-0.2, -0.15) is 0 Å². The minimum Gasteiger partial charge on any atom is -0.343 e. The molecule has 0 saturated carbocycles. The maximum atomic E-state index is 13.8. The van der Waals surface area contributed by atoms with Gasteiger partial charge in [-0.15, -0.1) is 0 Å². The Labute approximate surface area is 194 Å². The predicted molar refractivity (Wildman–Crippen MR) is 134 cm³/mol. The van der Waals surface area contributed by atoms with Gasteiger partial charge in [-0.05, 0) is 59.9 Å². The highest BCUT2D eigenvalue weighted by atomic mass is 19.1. The highest BCUT2D eigenvalue weighted by molar-refractivity contribution is 6.12. The minimum atomic E-state index is -0.278. The van der Waals surface area contributed by atoms with Gasteiger partial charge in [0.2, 0.25) is 0 Å². The molecule has 0 fully saturated rings. The van der Waals surface area contributed by atoms with Crippen molar-refractivity contribution in [2.24, 2.45) is 0 Å². The van der Waals surface area contributed by atoms with E-state index in [0.29, 0.717) is 5.56 Å². The Morgan fingerprint density at radius 3 is 2.06 bits per heavy atom. The molecule has 0 atom stereocenters. The van der Waals surface area contributed by atoms with E-state index in [1.165, 1.54) is 12.1 Å². The first-order valence-electron chi connectivity index (χ1n) is 11.4. The summed E-state index contributed by atoms with van der Waals surface area (Å²) in [6, 6.07) is 26.1. The summed E-state index contributed by atoms with van der Waals surface area (Å²) in [6.45, 7) is 7.12. The number of para-hydroxylation sites is 1. The van der Waals surface area contributed by atoms with Gasteiger partial charge in [0.05, 0.1) is 11.3 Å². The van der Waals surface area contributed by atoms with Gasteiger partial charge >= 0.3 is 0 Å². The van der Waals surface area contributed by atoms with Gasteiger partial charge in [0.1, 0.15) is 5.82 Å². The molecule has 0 spiro atoms. The summed E-state index contributed by atoms with van der Waals surface area (Å²) in [5.41, 5.74) is 6.10. The zero-order valence-corrected chi connectivity index (χ0v) is 19.3. The van der Waals surface area contributed by atoms with E-state index in [1.807, 2.05) is 60.7 Å². The molecule has 0 unspecified atom stereocenters. The van der Waals surface area contributed by atoms with Crippen molar-refractivity contribution in [1.82, 2.24) is 4.57 Å². The van der Waals surface area contributed by atoms with Crippen LogP contribution >= 0.6 is 0 Å². The number of carbonyl (C=O) groups is 1. The summed E-state index contributed by atoms with van der Waals surface area (Å²) < 4.78 is 16.0. The molecule has 4 rings (SSSR count). The molecular weight excluding hydrogens is 411 g/mol. The Kier molecular flexibility index (Phi) is 6.74. The number of amides is 1. The second kappa shape index (κ2) is 9.86. The second-order valence-corrected chi connectivity index (χ2v) is 8.48. The lowest BCUT2D eigenvalue weighted by Gasteiger charge is -2.16. The van der Waals surface area contributed by atoms with E-state index in [1.54, 1.807) is 12.1 Å². The summed E-state index contributed by atoms with van der Waals surface area (Å²) in [6.07, 6.45) is 0.913. The number of carbonyl (C=O) groups excluding carboxylic acids is 1. The standard InChI is InChI=1S/C29H29FN2O/c1-4-19-32-27(20(2)3)26(29(33)31-24-13-9-6-10-14-24)25(21-11-7-5-8-12-21)28(32)22-15-17-23(30)18-16-22/h5-18,20H,4,19H2,1-3H3,(H,31,33). The Morgan fingerprint density at radius 1 is 0.879 bits per heavy atom. The fraction of sp³-hybridized carbons (Fsp3) is 0.207. The third-order valence-electron chi connectivity index (χ3n) is 5.74. The third kappa shape index (κ3) is 4.61. The molecule has 1 amide bonds. The van der Waals surface area contributed by atoms with E-state index < -0.39 is 0 Å². The Bertz CT molecular complexity index is 1230. The zero-order valence-electron chi connectivity index (χ0n) is 19.3. The Morgan fingerprint density at radius 2 is 1.48 bits per heavy atom. The molecule has 1 aromatic heterocycles. The first-order valence-corrected chi connectivity index (χ1v) is 11.4. The summed E-state index contributed by atoms with van der Waals surface area (Å²) in [5.74, 6) is -0.300. The zero-order chi connectivity index (χ0) is 23.4. The topological polar surface area (TPSA) is 34.0 Å². The molecule has 1 heterocycles. The number of nitrogens with zero attached hydrogens (tertiary/aromatic N) is 1. The van der Waals surface area contributed by atoms with Crippen LogP contribution in [0.1, 0.15) is 49.2 Å². The van der Waals surface area contributed by atoms with Crippen LogP contribution in [0.3, 0.4) is 0 Å². The lowest BCUT2D eigenvalue weighted by Crippen LogP contribution is -2.16. The van der Waals surface area contributed by atoms with Crippen LogP contribution in [0, 0.1) is 5.82 Å². The first kappa shape index (κ1) is 22.5. The second-order valence-electron chi connectivity index (χ2n) is 8.48. The Hall–Kier alpha value is -3.66. The van der Waals surface area contributed by atoms with Crippen LogP contribution in [0.5, 0.6) is 0 Å². The van der Waals surface area contributed by atoms with Gasteiger partial charge in [-0.1, -0.05) is 69.3 Å². The fourth-order valence-corrected chi connectivity index (χ4v) is 4.43. The lowest BCUT2D eigenvalue weighted by molar-refractivity contribution is 0.102. The number of halogens is 1. The normalized spacial score (nSPS) is 11.1. The quantitative estimate of drug-likeness (QED) is 0.313. The van der Waals surface area contributed by atoms with Gasteiger partial charge in [0.15, 0.2) is 0 Å². The SMILES string of the molecule is CCCn1c(-c2ccc(F)cc2)c(-c2ccccc2)c(C(=O)Nc2ccccc2)c1C(C)C. The van der Waals surface area contributed by atoms with Gasteiger partial charge in [-0.25, -0.2) is 4.39 Å². The van der Waals surface area contributed by atoms with Crippen molar-refractivity contribution in [3.05, 3.63) is 102 Å². The molecule has 0 aliphatic rings. The van der Waals surface area contributed by atoms with E-state index in [9.17, 15) is 9.18 Å². The van der Waals surface area contributed by atoms with Crippen molar-refractivity contribution in [2.45, 2.75) is 39.7 Å². The van der Waals surface area contributed by atoms with Crippen molar-refractivity contribution < 1.29 is 9.18 Å². The van der Waals surface area contributed by atoms with E-state index in [4.69, 9.17) is 0 Å². The summed E-state index contributed by atoms with van der Waals surface area (Å²) >= 11 is 0. The van der Waals surface area contributed by atoms with Crippen LogP contribution in [0.15, 0.2) is 84.9 Å². The molecule has 1 N–H and O–H groups in total. The average Bonchev–Trinajstić information content (AvgIpc) is 3.16. The molecule has 0 radical (unpaired) electrons. The summed E-state index contributed by atoms with van der Waals surface area (Å²) in [4.78, 5) is 13.8. The van der Waals surface area contributed by atoms with Crippen LogP contribution in [0.4, 0.5) is 10.1 Å². The van der Waals surface area contributed by atoms with E-state index in [2.05, 4.69) is 30.7 Å². The summed E-state index contributed by atoms with van der Waals surface area (Å²) in [5, 5.41) is 3.09. The molecule has 4 aromatic rings. The average molecular weight is 441 g/mol. The van der Waals surface area contributed by atoms with Crippen LogP contribution in [-0.2, 0) is 6.54 Å². The van der Waals surface area contributed by atoms with E-state index in [-0.39, 0.29) is 17.6 Å². The number of nitrogens with one attached hydrogen (secondary N) is 1. The van der Waals surface area contributed by atoms with Crippen molar-refractivity contribution in [3.63, 3.8) is 0 Å². The van der Waals surface area contributed by atoms with Crippen LogP contribution in [0.25, 0.3) is 22.4 Å². The number of benzene rings is 3. The Balaban J connectivity index is 2.04. The number of hydrogen-bond donors (Lipinski definition) is 1. The highest BCUT2D eigenvalue weighted by Crippen LogP contribution is 2.42. The fourth-order valence-electron chi connectivity index (χ4n) is 4.43. The smallest absolute Gasteiger partial charge is 0.258 e. The molecule has 0 bridgehead atoms. The molecular formula is C29H29FN2O. The number of aromatic nitrogens is 1. The minimum absolute atomic E-state index is 0.115. The first-order chi connectivity index (χ1) is 16.0. The number of rotatable bonds is 7. The summed E-state index contributed by atoms with van der Waals surface area (Å²) in [7, 11) is 0. The van der Waals surface area contributed by atoms with E-state index in [0.717, 1.165) is 46.7 Å². The van der Waals surface area contributed by atoms with Crippen LogP contribution < -0.4 is 5.32 Å². The molecule has 33 heavy (non-hydrogen) atoms. The maximum absolute atomic E-state index is 13.8. The van der Waals surface area contributed by atoms with E-state index >= 15 is 0 Å². The van der Waals surface area contributed by atoms with Crippen LogP contribution in [0.2, 0.25) is 0 Å². The molecule has 0 aliphatic carbocycles. The van der Waals surface area contributed by atoms with Gasteiger partial charge in [0, 0.05) is 23.5 Å². The third-order valence-corrected chi connectivity index (χ3v) is 5.74. The molecule has 4 heteroatoms. The lowest BCUT2D eigenvalue weighted by atomic mass is 9.94.